The van der Waals surface area contributed by atoms with Crippen LogP contribution in [-0.2, 0) is 19.6 Å². The second-order valence-electron chi connectivity index (χ2n) is 5.66. The highest BCUT2D eigenvalue weighted by atomic mass is 32.2. The Morgan fingerprint density at radius 1 is 1.26 bits per heavy atom. The average molecular weight is 344 g/mol. The van der Waals surface area contributed by atoms with Gasteiger partial charge in [-0.05, 0) is 38.1 Å². The Labute approximate surface area is 135 Å². The topological polar surface area (TPSA) is 75.7 Å². The van der Waals surface area contributed by atoms with Crippen LogP contribution < -0.4 is 4.72 Å². The Kier molecular flexibility index (Phi) is 5.72. The van der Waals surface area contributed by atoms with E-state index in [4.69, 9.17) is 4.74 Å². The molecule has 2 unspecified atom stereocenters. The van der Waals surface area contributed by atoms with Crippen molar-refractivity contribution in [2.24, 2.45) is 0 Å². The highest BCUT2D eigenvalue weighted by molar-refractivity contribution is 7.89. The van der Waals surface area contributed by atoms with E-state index < -0.39 is 15.8 Å². The number of carbonyl (C=O) groups excluding carboxylic acids is 1. The van der Waals surface area contributed by atoms with Gasteiger partial charge < -0.3 is 9.64 Å². The van der Waals surface area contributed by atoms with Crippen molar-refractivity contribution in [3.05, 3.63) is 30.1 Å². The van der Waals surface area contributed by atoms with Gasteiger partial charge in [-0.25, -0.2) is 17.5 Å². The van der Waals surface area contributed by atoms with Crippen molar-refractivity contribution < 1.29 is 22.3 Å². The zero-order chi connectivity index (χ0) is 17.0. The molecule has 1 fully saturated rings. The molecule has 2 atom stereocenters. The van der Waals surface area contributed by atoms with Crippen LogP contribution in [0.25, 0.3) is 0 Å². The molecule has 1 saturated heterocycles. The molecule has 2 rings (SSSR count). The number of carbonyl (C=O) groups is 1. The molecule has 1 amide bonds. The average Bonchev–Trinajstić information content (AvgIpc) is 2.46. The molecule has 1 N–H and O–H groups in total. The Balaban J connectivity index is 1.86. The molecule has 0 aliphatic carbocycles. The van der Waals surface area contributed by atoms with Crippen molar-refractivity contribution >= 4 is 15.9 Å². The number of ether oxygens (including phenoxy) is 1. The summed E-state index contributed by atoms with van der Waals surface area (Å²) < 4.78 is 44.8. The molecule has 1 aliphatic rings. The summed E-state index contributed by atoms with van der Waals surface area (Å²) in [5.74, 6) is -0.622. The maximum atomic E-state index is 12.8. The first-order chi connectivity index (χ1) is 10.8. The zero-order valence-electron chi connectivity index (χ0n) is 13.2. The number of nitrogens with zero attached hydrogens (tertiary/aromatic N) is 1. The minimum atomic E-state index is -3.74. The smallest absolute Gasteiger partial charge is 0.240 e. The Morgan fingerprint density at radius 3 is 2.39 bits per heavy atom. The summed E-state index contributed by atoms with van der Waals surface area (Å²) in [7, 11) is -3.74. The SMILES string of the molecule is CC1CN(C(=O)CCNS(=O)(=O)c2ccc(F)cc2)CC(C)O1. The Morgan fingerprint density at radius 2 is 1.83 bits per heavy atom. The van der Waals surface area contributed by atoms with Crippen LogP contribution in [0.15, 0.2) is 29.2 Å². The van der Waals surface area contributed by atoms with E-state index in [0.717, 1.165) is 12.1 Å². The van der Waals surface area contributed by atoms with Crippen molar-refractivity contribution in [1.29, 1.82) is 0 Å². The van der Waals surface area contributed by atoms with E-state index in [1.54, 1.807) is 4.90 Å². The molecule has 1 aromatic carbocycles. The first-order valence-corrected chi connectivity index (χ1v) is 8.94. The first-order valence-electron chi connectivity index (χ1n) is 7.46. The summed E-state index contributed by atoms with van der Waals surface area (Å²) >= 11 is 0. The fourth-order valence-electron chi connectivity index (χ4n) is 2.53. The minimum Gasteiger partial charge on any atom is -0.372 e. The maximum Gasteiger partial charge on any atom is 0.240 e. The molecule has 1 aliphatic heterocycles. The summed E-state index contributed by atoms with van der Waals surface area (Å²) in [6, 6.07) is 4.53. The van der Waals surface area contributed by atoms with Gasteiger partial charge in [-0.1, -0.05) is 0 Å². The summed E-state index contributed by atoms with van der Waals surface area (Å²) in [4.78, 5) is 13.8. The summed E-state index contributed by atoms with van der Waals surface area (Å²) in [6.07, 6.45) is 0.0112. The van der Waals surface area contributed by atoms with Crippen LogP contribution in [0, 0.1) is 5.82 Å². The molecular weight excluding hydrogens is 323 g/mol. The van der Waals surface area contributed by atoms with Crippen LogP contribution in [0.3, 0.4) is 0 Å². The number of hydrogen-bond acceptors (Lipinski definition) is 4. The van der Waals surface area contributed by atoms with E-state index >= 15 is 0 Å². The van der Waals surface area contributed by atoms with E-state index in [1.807, 2.05) is 13.8 Å². The van der Waals surface area contributed by atoms with E-state index in [9.17, 15) is 17.6 Å². The normalized spacial score (nSPS) is 22.1. The Hall–Kier alpha value is -1.51. The van der Waals surface area contributed by atoms with E-state index in [0.29, 0.717) is 13.1 Å². The third-order valence-corrected chi connectivity index (χ3v) is 5.00. The van der Waals surface area contributed by atoms with Gasteiger partial charge in [0.25, 0.3) is 0 Å². The monoisotopic (exact) mass is 344 g/mol. The Bertz CT molecular complexity index is 638. The third-order valence-electron chi connectivity index (χ3n) is 3.53. The van der Waals surface area contributed by atoms with Gasteiger partial charge in [0.05, 0.1) is 17.1 Å². The van der Waals surface area contributed by atoms with Crippen molar-refractivity contribution in [2.45, 2.75) is 37.4 Å². The first kappa shape index (κ1) is 17.8. The van der Waals surface area contributed by atoms with Gasteiger partial charge in [-0.3, -0.25) is 4.79 Å². The van der Waals surface area contributed by atoms with Crippen molar-refractivity contribution in [1.82, 2.24) is 9.62 Å². The van der Waals surface area contributed by atoms with Crippen molar-refractivity contribution in [2.75, 3.05) is 19.6 Å². The predicted octanol–water partition coefficient (Wildman–Crippen LogP) is 1.13. The fraction of sp³-hybridized carbons (Fsp3) is 0.533. The minimum absolute atomic E-state index is 0.00133. The number of rotatable bonds is 5. The van der Waals surface area contributed by atoms with Crippen LogP contribution in [0.5, 0.6) is 0 Å². The lowest BCUT2D eigenvalue weighted by Crippen LogP contribution is -2.48. The fourth-order valence-corrected chi connectivity index (χ4v) is 3.56. The molecule has 1 heterocycles. The summed E-state index contributed by atoms with van der Waals surface area (Å²) in [5.41, 5.74) is 0. The molecule has 0 bridgehead atoms. The lowest BCUT2D eigenvalue weighted by molar-refractivity contribution is -0.143. The lowest BCUT2D eigenvalue weighted by Gasteiger charge is -2.35. The van der Waals surface area contributed by atoms with Crippen LogP contribution >= 0.6 is 0 Å². The number of halogens is 1. The highest BCUT2D eigenvalue weighted by Crippen LogP contribution is 2.12. The number of benzene rings is 1. The number of nitrogens with one attached hydrogen (secondary N) is 1. The van der Waals surface area contributed by atoms with Gasteiger partial charge in [0.1, 0.15) is 5.82 Å². The number of morpholine rings is 1. The second-order valence-corrected chi connectivity index (χ2v) is 7.42. The van der Waals surface area contributed by atoms with Gasteiger partial charge in [0.2, 0.25) is 15.9 Å². The standard InChI is InChI=1S/C15H21FN2O4S/c1-11-9-18(10-12(2)22-11)15(19)7-8-17-23(20,21)14-5-3-13(16)4-6-14/h3-6,11-12,17H,7-10H2,1-2H3. The zero-order valence-corrected chi connectivity index (χ0v) is 14.0. The summed E-state index contributed by atoms with van der Waals surface area (Å²) in [5, 5.41) is 0. The van der Waals surface area contributed by atoms with Crippen LogP contribution in [0.2, 0.25) is 0 Å². The van der Waals surface area contributed by atoms with Crippen molar-refractivity contribution in [3.63, 3.8) is 0 Å². The van der Waals surface area contributed by atoms with Crippen molar-refractivity contribution in [3.8, 4) is 0 Å². The van der Waals surface area contributed by atoms with Gasteiger partial charge in [0.15, 0.2) is 0 Å². The van der Waals surface area contributed by atoms with E-state index in [1.165, 1.54) is 12.1 Å². The van der Waals surface area contributed by atoms with Gasteiger partial charge in [0, 0.05) is 26.1 Å². The molecule has 6 nitrogen and oxygen atoms in total. The quantitative estimate of drug-likeness (QED) is 0.869. The molecule has 0 saturated carbocycles. The summed E-state index contributed by atoms with van der Waals surface area (Å²) in [6.45, 7) is 4.81. The molecule has 0 spiro atoms. The molecule has 128 valence electrons. The van der Waals surface area contributed by atoms with E-state index in [2.05, 4.69) is 4.72 Å². The number of hydrogen-bond donors (Lipinski definition) is 1. The molecule has 23 heavy (non-hydrogen) atoms. The van der Waals surface area contributed by atoms with Gasteiger partial charge in [-0.15, -0.1) is 0 Å². The highest BCUT2D eigenvalue weighted by Gasteiger charge is 2.25. The molecule has 1 aromatic rings. The second kappa shape index (κ2) is 7.37. The van der Waals surface area contributed by atoms with E-state index in [-0.39, 0.29) is 36.0 Å². The molecule has 0 radical (unpaired) electrons. The van der Waals surface area contributed by atoms with Gasteiger partial charge in [-0.2, -0.15) is 0 Å². The largest absolute Gasteiger partial charge is 0.372 e. The lowest BCUT2D eigenvalue weighted by atomic mass is 10.2. The van der Waals surface area contributed by atoms with Crippen LogP contribution in [0.1, 0.15) is 20.3 Å². The number of sulfonamides is 1. The predicted molar refractivity (Wildman–Crippen MR) is 82.8 cm³/mol. The molecule has 8 heteroatoms. The number of amides is 1. The van der Waals surface area contributed by atoms with Gasteiger partial charge >= 0.3 is 0 Å². The van der Waals surface area contributed by atoms with Crippen LogP contribution in [0.4, 0.5) is 4.39 Å². The molecular formula is C15H21FN2O4S. The third kappa shape index (κ3) is 4.98. The van der Waals surface area contributed by atoms with Crippen LogP contribution in [-0.4, -0.2) is 51.1 Å². The maximum absolute atomic E-state index is 12.8. The molecule has 0 aromatic heterocycles.